The van der Waals surface area contributed by atoms with E-state index >= 15 is 0 Å². The Morgan fingerprint density at radius 3 is 2.62 bits per heavy atom. The van der Waals surface area contributed by atoms with Gasteiger partial charge in [0.05, 0.1) is 0 Å². The smallest absolute Gasteiger partial charge is 0.159 e. The second kappa shape index (κ2) is 8.13. The van der Waals surface area contributed by atoms with Gasteiger partial charge in [0, 0.05) is 12.5 Å². The Morgan fingerprint density at radius 1 is 1.07 bits per heavy atom. The lowest BCUT2D eigenvalue weighted by Crippen LogP contribution is -2.53. The molecule has 0 aromatic carbocycles. The first-order valence-corrected chi connectivity index (χ1v) is 12.7. The third kappa shape index (κ3) is 3.56. The van der Waals surface area contributed by atoms with E-state index in [4.69, 9.17) is 0 Å². The Bertz CT molecular complexity index is 651. The lowest BCUT2D eigenvalue weighted by molar-refractivity contribution is -0.134. The Hall–Kier alpha value is -0.630. The largest absolute Gasteiger partial charge is 0.396 e. The van der Waals surface area contributed by atoms with Gasteiger partial charge in [0.15, 0.2) is 5.78 Å². The second-order valence-electron chi connectivity index (χ2n) is 11.9. The molecular formula is C27H44O2. The van der Waals surface area contributed by atoms with Crippen LogP contribution in [0.5, 0.6) is 0 Å². The van der Waals surface area contributed by atoms with Crippen LogP contribution in [0.1, 0.15) is 98.3 Å². The van der Waals surface area contributed by atoms with Crippen molar-refractivity contribution in [1.29, 1.82) is 0 Å². The van der Waals surface area contributed by atoms with E-state index in [-0.39, 0.29) is 0 Å². The SMILES string of the molecule is C[C@H](CO)CCC[C@@H](C)[C@H]1CC[C@H]2[C@@H]3C(=O)C=C4CCCC[C@]4(C)[C@H]3CC[C@]12C. The van der Waals surface area contributed by atoms with Crippen LogP contribution in [-0.4, -0.2) is 17.5 Å². The highest BCUT2D eigenvalue weighted by atomic mass is 16.3. The fourth-order valence-corrected chi connectivity index (χ4v) is 8.49. The van der Waals surface area contributed by atoms with Gasteiger partial charge < -0.3 is 5.11 Å². The summed E-state index contributed by atoms with van der Waals surface area (Å²) in [5.74, 6) is 3.94. The standard InChI is InChI=1S/C27H44O2/c1-18(17-28)8-7-9-19(2)21-11-12-22-25-23(13-15-27(21,22)4)26(3)14-6-5-10-20(26)16-24(25)29/h16,18-19,21-23,25,28H,5-15,17H2,1-4H3/t18-,19+,21+,22-,23-,25-,26-,27+/m0/s1. The number of fused-ring (bicyclic) bond motifs is 5. The van der Waals surface area contributed by atoms with Crippen LogP contribution in [0.15, 0.2) is 11.6 Å². The summed E-state index contributed by atoms with van der Waals surface area (Å²) < 4.78 is 0. The number of aliphatic hydroxyl groups is 1. The zero-order valence-corrected chi connectivity index (χ0v) is 19.4. The third-order valence-electron chi connectivity index (χ3n) is 10.3. The highest BCUT2D eigenvalue weighted by molar-refractivity contribution is 5.94. The van der Waals surface area contributed by atoms with Gasteiger partial charge in [-0.25, -0.2) is 0 Å². The Labute approximate surface area is 178 Å². The molecule has 0 heterocycles. The second-order valence-corrected chi connectivity index (χ2v) is 11.9. The van der Waals surface area contributed by atoms with Crippen molar-refractivity contribution in [2.24, 2.45) is 46.3 Å². The molecule has 0 aromatic rings. The average Bonchev–Trinajstić information content (AvgIpc) is 3.05. The van der Waals surface area contributed by atoms with Crippen LogP contribution >= 0.6 is 0 Å². The molecule has 2 heteroatoms. The van der Waals surface area contributed by atoms with E-state index in [0.29, 0.717) is 46.9 Å². The van der Waals surface area contributed by atoms with Gasteiger partial charge in [-0.1, -0.05) is 52.5 Å². The summed E-state index contributed by atoms with van der Waals surface area (Å²) in [5.41, 5.74) is 2.16. The van der Waals surface area contributed by atoms with Crippen LogP contribution in [0, 0.1) is 46.3 Å². The van der Waals surface area contributed by atoms with E-state index in [1.54, 1.807) is 0 Å². The van der Waals surface area contributed by atoms with Crippen LogP contribution in [0.3, 0.4) is 0 Å². The number of carbonyl (C=O) groups excluding carboxylic acids is 1. The molecule has 3 fully saturated rings. The molecule has 0 unspecified atom stereocenters. The Balaban J connectivity index is 1.50. The minimum Gasteiger partial charge on any atom is -0.396 e. The van der Waals surface area contributed by atoms with E-state index in [1.807, 2.05) is 0 Å². The lowest BCUT2D eigenvalue weighted by atomic mass is 9.47. The van der Waals surface area contributed by atoms with Gasteiger partial charge in [0.25, 0.3) is 0 Å². The van der Waals surface area contributed by atoms with Crippen LogP contribution in [-0.2, 0) is 4.79 Å². The van der Waals surface area contributed by atoms with E-state index in [2.05, 4.69) is 33.8 Å². The zero-order chi connectivity index (χ0) is 20.8. The quantitative estimate of drug-likeness (QED) is 0.547. The molecule has 0 bridgehead atoms. The molecule has 0 saturated heterocycles. The highest BCUT2D eigenvalue weighted by Crippen LogP contribution is 2.66. The van der Waals surface area contributed by atoms with E-state index in [9.17, 15) is 9.90 Å². The molecule has 8 atom stereocenters. The van der Waals surface area contributed by atoms with Crippen LogP contribution in [0.4, 0.5) is 0 Å². The molecule has 0 radical (unpaired) electrons. The number of aliphatic hydroxyl groups excluding tert-OH is 1. The molecule has 2 nitrogen and oxygen atoms in total. The topological polar surface area (TPSA) is 37.3 Å². The van der Waals surface area contributed by atoms with Crippen molar-refractivity contribution in [3.05, 3.63) is 11.6 Å². The molecule has 4 aliphatic rings. The number of hydrogen-bond donors (Lipinski definition) is 1. The van der Waals surface area contributed by atoms with Crippen molar-refractivity contribution >= 4 is 5.78 Å². The maximum Gasteiger partial charge on any atom is 0.159 e. The Kier molecular flexibility index (Phi) is 6.06. The fourth-order valence-electron chi connectivity index (χ4n) is 8.49. The molecule has 4 rings (SSSR count). The first-order valence-electron chi connectivity index (χ1n) is 12.7. The van der Waals surface area contributed by atoms with Gasteiger partial charge >= 0.3 is 0 Å². The summed E-state index contributed by atoms with van der Waals surface area (Å²) in [6.07, 6.45) is 16.1. The molecule has 29 heavy (non-hydrogen) atoms. The molecule has 0 spiro atoms. The third-order valence-corrected chi connectivity index (χ3v) is 10.3. The van der Waals surface area contributed by atoms with Crippen LogP contribution in [0.2, 0.25) is 0 Å². The van der Waals surface area contributed by atoms with Crippen molar-refractivity contribution in [3.8, 4) is 0 Å². The summed E-state index contributed by atoms with van der Waals surface area (Å²) in [6, 6.07) is 0. The van der Waals surface area contributed by atoms with Crippen LogP contribution in [0.25, 0.3) is 0 Å². The minimum atomic E-state index is 0.298. The number of hydrogen-bond acceptors (Lipinski definition) is 2. The molecule has 0 amide bonds. The molecule has 3 saturated carbocycles. The average molecular weight is 401 g/mol. The van der Waals surface area contributed by atoms with Gasteiger partial charge in [-0.3, -0.25) is 4.79 Å². The van der Waals surface area contributed by atoms with Crippen LogP contribution < -0.4 is 0 Å². The first kappa shape index (κ1) is 21.6. The number of allylic oxidation sites excluding steroid dienone is 2. The van der Waals surface area contributed by atoms with Gasteiger partial charge in [0.2, 0.25) is 0 Å². The molecule has 0 aromatic heterocycles. The van der Waals surface area contributed by atoms with E-state index in [0.717, 1.165) is 18.3 Å². The molecule has 164 valence electrons. The summed E-state index contributed by atoms with van der Waals surface area (Å²) >= 11 is 0. The van der Waals surface area contributed by atoms with Crippen molar-refractivity contribution in [1.82, 2.24) is 0 Å². The lowest BCUT2D eigenvalue weighted by Gasteiger charge is -2.57. The maximum absolute atomic E-state index is 13.4. The molecule has 0 aliphatic heterocycles. The molecular weight excluding hydrogens is 356 g/mol. The minimum absolute atomic E-state index is 0.298. The summed E-state index contributed by atoms with van der Waals surface area (Å²) in [5, 5.41) is 9.31. The maximum atomic E-state index is 13.4. The molecule has 1 N–H and O–H groups in total. The van der Waals surface area contributed by atoms with Crippen molar-refractivity contribution < 1.29 is 9.90 Å². The number of ketones is 1. The van der Waals surface area contributed by atoms with E-state index < -0.39 is 0 Å². The van der Waals surface area contributed by atoms with Crippen molar-refractivity contribution in [2.45, 2.75) is 98.3 Å². The molecule has 4 aliphatic carbocycles. The number of rotatable bonds is 6. The Morgan fingerprint density at radius 2 is 1.86 bits per heavy atom. The fraction of sp³-hybridized carbons (Fsp3) is 0.889. The summed E-state index contributed by atoms with van der Waals surface area (Å²) in [4.78, 5) is 13.4. The zero-order valence-electron chi connectivity index (χ0n) is 19.4. The normalized spacial score (nSPS) is 43.8. The van der Waals surface area contributed by atoms with Gasteiger partial charge in [-0.2, -0.15) is 0 Å². The van der Waals surface area contributed by atoms with Gasteiger partial charge in [-0.15, -0.1) is 0 Å². The predicted molar refractivity (Wildman–Crippen MR) is 119 cm³/mol. The van der Waals surface area contributed by atoms with Gasteiger partial charge in [0.1, 0.15) is 0 Å². The van der Waals surface area contributed by atoms with Gasteiger partial charge in [-0.05, 0) is 97.9 Å². The van der Waals surface area contributed by atoms with E-state index in [1.165, 1.54) is 69.8 Å². The summed E-state index contributed by atoms with van der Waals surface area (Å²) in [7, 11) is 0. The monoisotopic (exact) mass is 400 g/mol. The predicted octanol–water partition coefficient (Wildman–Crippen LogP) is 6.57. The number of carbonyl (C=O) groups is 1. The summed E-state index contributed by atoms with van der Waals surface area (Å²) in [6.45, 7) is 9.99. The highest BCUT2D eigenvalue weighted by Gasteiger charge is 2.60. The van der Waals surface area contributed by atoms with Crippen molar-refractivity contribution in [2.75, 3.05) is 6.61 Å². The first-order chi connectivity index (χ1) is 13.8. The van der Waals surface area contributed by atoms with Crippen molar-refractivity contribution in [3.63, 3.8) is 0 Å².